The van der Waals surface area contributed by atoms with Crippen LogP contribution in [0.2, 0.25) is 0 Å². The second-order valence-electron chi connectivity index (χ2n) is 5.74. The number of hydrogen-bond donors (Lipinski definition) is 0. The zero-order valence-corrected chi connectivity index (χ0v) is 14.4. The molecule has 0 aliphatic heterocycles. The molecule has 2 aromatic rings. The van der Waals surface area contributed by atoms with Crippen molar-refractivity contribution in [2.24, 2.45) is 0 Å². The maximum absolute atomic E-state index is 3.64. The zero-order chi connectivity index (χ0) is 17.2. The Labute approximate surface area is 145 Å². The highest BCUT2D eigenvalue weighted by Crippen LogP contribution is 2.20. The molecule has 0 aliphatic carbocycles. The number of rotatable bonds is 6. The maximum atomic E-state index is 3.64. The van der Waals surface area contributed by atoms with Gasteiger partial charge in [-0.2, -0.15) is 0 Å². The molecule has 0 saturated carbocycles. The fraction of sp³-hybridized carbons (Fsp3) is 0.0833. The van der Waals surface area contributed by atoms with Gasteiger partial charge in [-0.1, -0.05) is 115 Å². The lowest BCUT2D eigenvalue weighted by molar-refractivity contribution is 1.47. The van der Waals surface area contributed by atoms with E-state index >= 15 is 0 Å². The van der Waals surface area contributed by atoms with E-state index < -0.39 is 0 Å². The van der Waals surface area contributed by atoms with Crippen molar-refractivity contribution in [2.45, 2.75) is 13.8 Å². The van der Waals surface area contributed by atoms with Gasteiger partial charge in [0.25, 0.3) is 0 Å². The number of allylic oxidation sites excluding steroid dienone is 8. The molecule has 0 nitrogen and oxygen atoms in total. The molecule has 0 radical (unpaired) electrons. The van der Waals surface area contributed by atoms with Crippen LogP contribution in [0, 0.1) is 6.92 Å². The maximum Gasteiger partial charge on any atom is -0.0184 e. The van der Waals surface area contributed by atoms with E-state index in [9.17, 15) is 0 Å². The molecule has 0 aliphatic rings. The lowest BCUT2D eigenvalue weighted by atomic mass is 10.0. The average molecular weight is 312 g/mol. The fourth-order valence-corrected chi connectivity index (χ4v) is 2.25. The third-order valence-electron chi connectivity index (χ3n) is 3.66. The molecule has 0 aromatic heterocycles. The molecule has 0 fully saturated rings. The van der Waals surface area contributed by atoms with Crippen molar-refractivity contribution in [1.29, 1.82) is 0 Å². The molecule has 2 rings (SSSR count). The van der Waals surface area contributed by atoms with Crippen LogP contribution >= 0.6 is 0 Å². The summed E-state index contributed by atoms with van der Waals surface area (Å²) in [5.74, 6) is 0. The van der Waals surface area contributed by atoms with Gasteiger partial charge in [0.1, 0.15) is 0 Å². The number of hydrogen-bond acceptors (Lipinski definition) is 0. The quantitative estimate of drug-likeness (QED) is 0.508. The first-order chi connectivity index (χ1) is 11.7. The van der Waals surface area contributed by atoms with E-state index in [0.29, 0.717) is 0 Å². The van der Waals surface area contributed by atoms with E-state index in [4.69, 9.17) is 0 Å². The predicted molar refractivity (Wildman–Crippen MR) is 108 cm³/mol. The summed E-state index contributed by atoms with van der Waals surface area (Å²) in [6, 6.07) is 17.3. The summed E-state index contributed by atoms with van der Waals surface area (Å²) in [4.78, 5) is 0. The van der Waals surface area contributed by atoms with Crippen LogP contribution in [0.1, 0.15) is 18.1 Å². The van der Waals surface area contributed by atoms with Gasteiger partial charge in [-0.3, -0.25) is 0 Å². The van der Waals surface area contributed by atoms with Crippen LogP contribution in [0.15, 0.2) is 103 Å². The van der Waals surface area contributed by atoms with Crippen LogP contribution in [-0.4, -0.2) is 0 Å². The van der Waals surface area contributed by atoms with Crippen LogP contribution in [0.3, 0.4) is 0 Å². The van der Waals surface area contributed by atoms with Crippen molar-refractivity contribution < 1.29 is 0 Å². The van der Waals surface area contributed by atoms with E-state index in [2.05, 4.69) is 93.3 Å². The molecule has 0 atom stereocenters. The Hall–Kier alpha value is -2.86. The highest BCUT2D eigenvalue weighted by atomic mass is 14.0. The molecule has 0 N–H and O–H groups in total. The zero-order valence-electron chi connectivity index (χ0n) is 14.4. The minimum absolute atomic E-state index is 1.20. The van der Waals surface area contributed by atoms with Gasteiger partial charge < -0.3 is 0 Å². The first-order valence-electron chi connectivity index (χ1n) is 8.17. The predicted octanol–water partition coefficient (Wildman–Crippen LogP) is 6.92. The lowest BCUT2D eigenvalue weighted by Gasteiger charge is -2.03. The highest BCUT2D eigenvalue weighted by molar-refractivity contribution is 5.66. The van der Waals surface area contributed by atoms with E-state index in [1.165, 1.54) is 27.8 Å². The molecule has 0 heteroatoms. The van der Waals surface area contributed by atoms with E-state index in [0.717, 1.165) is 0 Å². The Morgan fingerprint density at radius 2 is 1.42 bits per heavy atom. The molecule has 0 bridgehead atoms. The van der Waals surface area contributed by atoms with Gasteiger partial charge in [-0.15, -0.1) is 0 Å². The largest absolute Gasteiger partial charge is 0.0991 e. The van der Waals surface area contributed by atoms with E-state index in [1.54, 1.807) is 6.08 Å². The van der Waals surface area contributed by atoms with Gasteiger partial charge in [0.2, 0.25) is 0 Å². The monoisotopic (exact) mass is 312 g/mol. The second-order valence-corrected chi connectivity index (χ2v) is 5.74. The number of aryl methyl sites for hydroxylation is 1. The summed E-state index contributed by atoms with van der Waals surface area (Å²) in [7, 11) is 0. The smallest absolute Gasteiger partial charge is 0.0184 e. The summed E-state index contributed by atoms with van der Waals surface area (Å²) < 4.78 is 0. The van der Waals surface area contributed by atoms with Crippen LogP contribution in [0.5, 0.6) is 0 Å². The highest BCUT2D eigenvalue weighted by Gasteiger charge is 1.96. The van der Waals surface area contributed by atoms with Crippen molar-refractivity contribution in [3.63, 3.8) is 0 Å². The van der Waals surface area contributed by atoms with E-state index in [1.807, 2.05) is 18.2 Å². The third kappa shape index (κ3) is 5.73. The Kier molecular flexibility index (Phi) is 6.79. The Bertz CT molecular complexity index is 764. The SMILES string of the molecule is C=C\C=C/C=C\C(C)=C\C=C/c1ccc(-c2ccc(C)cc2)cc1. The average Bonchev–Trinajstić information content (AvgIpc) is 2.60. The van der Waals surface area contributed by atoms with Gasteiger partial charge in [0.15, 0.2) is 0 Å². The Balaban J connectivity index is 2.00. The van der Waals surface area contributed by atoms with Crippen molar-refractivity contribution in [3.05, 3.63) is 114 Å². The molecule has 2 aromatic carbocycles. The van der Waals surface area contributed by atoms with Crippen LogP contribution in [0.4, 0.5) is 0 Å². The van der Waals surface area contributed by atoms with Gasteiger partial charge in [0.05, 0.1) is 0 Å². The molecule has 0 spiro atoms. The summed E-state index contributed by atoms with van der Waals surface area (Å²) in [5, 5.41) is 0. The molecule has 24 heavy (non-hydrogen) atoms. The summed E-state index contributed by atoms with van der Waals surface area (Å²) in [6.07, 6.45) is 16.0. The minimum Gasteiger partial charge on any atom is -0.0991 e. The van der Waals surface area contributed by atoms with Crippen LogP contribution in [0.25, 0.3) is 17.2 Å². The lowest BCUT2D eigenvalue weighted by Crippen LogP contribution is -1.79. The summed E-state index contributed by atoms with van der Waals surface area (Å²) in [6.45, 7) is 7.84. The summed E-state index contributed by atoms with van der Waals surface area (Å²) >= 11 is 0. The Morgan fingerprint density at radius 3 is 2.04 bits per heavy atom. The molecule has 120 valence electrons. The standard InChI is InChI=1S/C24H24/c1-4-5-6-7-9-20(2)10-8-11-22-14-18-24(19-15-22)23-16-12-21(3)13-17-23/h4-19H,1H2,2-3H3/b6-5-,9-7-,11-8-,20-10+. The Morgan fingerprint density at radius 1 is 0.792 bits per heavy atom. The van der Waals surface area contributed by atoms with Crippen molar-refractivity contribution in [2.75, 3.05) is 0 Å². The van der Waals surface area contributed by atoms with Gasteiger partial charge in [0, 0.05) is 0 Å². The molecular weight excluding hydrogens is 288 g/mol. The molecular formula is C24H24. The second kappa shape index (κ2) is 9.32. The van der Waals surface area contributed by atoms with Gasteiger partial charge in [-0.25, -0.2) is 0 Å². The van der Waals surface area contributed by atoms with Crippen LogP contribution < -0.4 is 0 Å². The normalized spacial score (nSPS) is 12.5. The van der Waals surface area contributed by atoms with Crippen molar-refractivity contribution >= 4 is 6.08 Å². The van der Waals surface area contributed by atoms with Gasteiger partial charge in [-0.05, 0) is 30.5 Å². The molecule has 0 amide bonds. The number of benzene rings is 2. The molecule has 0 saturated heterocycles. The first-order valence-corrected chi connectivity index (χ1v) is 8.17. The summed E-state index contributed by atoms with van der Waals surface area (Å²) in [5.41, 5.74) is 6.19. The van der Waals surface area contributed by atoms with E-state index in [-0.39, 0.29) is 0 Å². The third-order valence-corrected chi connectivity index (χ3v) is 3.66. The minimum atomic E-state index is 1.20. The van der Waals surface area contributed by atoms with Gasteiger partial charge >= 0.3 is 0 Å². The van der Waals surface area contributed by atoms with Crippen LogP contribution in [-0.2, 0) is 0 Å². The van der Waals surface area contributed by atoms with Crippen molar-refractivity contribution in [1.82, 2.24) is 0 Å². The molecule has 0 unspecified atom stereocenters. The fourth-order valence-electron chi connectivity index (χ4n) is 2.25. The van der Waals surface area contributed by atoms with Crippen molar-refractivity contribution in [3.8, 4) is 11.1 Å². The topological polar surface area (TPSA) is 0 Å². The molecule has 0 heterocycles. The first kappa shape index (κ1) is 17.5.